The molecule has 1 aliphatic heterocycles. The predicted octanol–water partition coefficient (Wildman–Crippen LogP) is -3.04. The van der Waals surface area contributed by atoms with E-state index in [2.05, 4.69) is 4.74 Å². The zero-order valence-electron chi connectivity index (χ0n) is 7.54. The molecule has 5 atom stereocenters. The molecule has 0 saturated carbocycles. The normalized spacial score (nSPS) is 42.9. The first-order valence-corrected chi connectivity index (χ1v) is 5.83. The van der Waals surface area contributed by atoms with Gasteiger partial charge in [0.1, 0.15) is 24.4 Å². The quantitative estimate of drug-likeness (QED) is 0.281. The Morgan fingerprint density at radius 3 is 2.00 bits per heavy atom. The maximum atomic E-state index is 10.8. The molecule has 1 aliphatic rings. The van der Waals surface area contributed by atoms with Crippen molar-refractivity contribution in [3.8, 4) is 0 Å². The Labute approximate surface area is 84.9 Å². The Morgan fingerprint density at radius 2 is 1.60 bits per heavy atom. The summed E-state index contributed by atoms with van der Waals surface area (Å²) in [6.07, 6.45) is -6.59. The van der Waals surface area contributed by atoms with E-state index in [1.54, 1.807) is 0 Å². The molecule has 0 unspecified atom stereocenters. The molecule has 15 heavy (non-hydrogen) atoms. The number of aliphatic hydroxyl groups is 4. The second-order valence-corrected chi connectivity index (χ2v) is 5.00. The van der Waals surface area contributed by atoms with Gasteiger partial charge in [0.05, 0.1) is 6.61 Å². The van der Waals surface area contributed by atoms with Crippen molar-refractivity contribution in [2.24, 2.45) is 0 Å². The molecular formula is C6H13O8P. The number of ether oxygens (including phenoxy) is 1. The van der Waals surface area contributed by atoms with E-state index in [1.807, 2.05) is 0 Å². The van der Waals surface area contributed by atoms with Gasteiger partial charge in [0, 0.05) is 0 Å². The molecule has 0 aromatic rings. The molecule has 9 heteroatoms. The van der Waals surface area contributed by atoms with Crippen molar-refractivity contribution in [3.05, 3.63) is 0 Å². The van der Waals surface area contributed by atoms with Crippen LogP contribution in [0.1, 0.15) is 0 Å². The standard InChI is InChI=1S/C6H13O8P/c7-1-2-3(8)4(9)5(10)6(14-2)15(11,12)13/h2-10H,1H2,(H2,11,12,13)/t2-,3-,4+,5+,6-/m1/s1. The zero-order valence-corrected chi connectivity index (χ0v) is 8.44. The van der Waals surface area contributed by atoms with Crippen molar-refractivity contribution in [3.63, 3.8) is 0 Å². The lowest BCUT2D eigenvalue weighted by atomic mass is 10.0. The van der Waals surface area contributed by atoms with E-state index in [0.29, 0.717) is 0 Å². The minimum atomic E-state index is -4.77. The third kappa shape index (κ3) is 2.55. The van der Waals surface area contributed by atoms with Gasteiger partial charge in [0.15, 0.2) is 5.85 Å². The monoisotopic (exact) mass is 244 g/mol. The molecule has 0 radical (unpaired) electrons. The maximum absolute atomic E-state index is 10.8. The summed E-state index contributed by atoms with van der Waals surface area (Å²) in [5.41, 5.74) is 0. The van der Waals surface area contributed by atoms with Crippen LogP contribution in [-0.4, -0.2) is 67.1 Å². The first-order valence-electron chi connectivity index (χ1n) is 4.14. The van der Waals surface area contributed by atoms with Crippen molar-refractivity contribution in [2.45, 2.75) is 30.3 Å². The molecule has 0 aromatic carbocycles. The van der Waals surface area contributed by atoms with Crippen LogP contribution in [0.15, 0.2) is 0 Å². The molecule has 0 amide bonds. The molecule has 0 aromatic heterocycles. The summed E-state index contributed by atoms with van der Waals surface area (Å²) in [7, 11) is -4.77. The molecular weight excluding hydrogens is 231 g/mol. The minimum Gasteiger partial charge on any atom is -0.394 e. The van der Waals surface area contributed by atoms with E-state index >= 15 is 0 Å². The van der Waals surface area contributed by atoms with Gasteiger partial charge in [-0.05, 0) is 0 Å². The first-order chi connectivity index (χ1) is 6.79. The highest BCUT2D eigenvalue weighted by Gasteiger charge is 2.50. The average Bonchev–Trinajstić information content (AvgIpc) is 2.13. The highest BCUT2D eigenvalue weighted by atomic mass is 31.2. The summed E-state index contributed by atoms with van der Waals surface area (Å²) in [6, 6.07) is 0. The topological polar surface area (TPSA) is 148 Å². The van der Waals surface area contributed by atoms with E-state index in [9.17, 15) is 19.9 Å². The van der Waals surface area contributed by atoms with E-state index in [-0.39, 0.29) is 0 Å². The third-order valence-corrected chi connectivity index (χ3v) is 3.29. The average molecular weight is 244 g/mol. The SMILES string of the molecule is O=P(O)(O)[C@H]1O[C@H](CO)[C@@H](O)[C@H](O)[C@@H]1O. The van der Waals surface area contributed by atoms with Crippen LogP contribution in [-0.2, 0) is 9.30 Å². The van der Waals surface area contributed by atoms with Crippen molar-refractivity contribution in [2.75, 3.05) is 6.61 Å². The second-order valence-electron chi connectivity index (χ2n) is 3.31. The molecule has 1 saturated heterocycles. The maximum Gasteiger partial charge on any atom is 0.356 e. The summed E-state index contributed by atoms with van der Waals surface area (Å²) < 4.78 is 15.5. The van der Waals surface area contributed by atoms with E-state index < -0.39 is 44.5 Å². The van der Waals surface area contributed by atoms with Crippen LogP contribution in [0.3, 0.4) is 0 Å². The van der Waals surface area contributed by atoms with Gasteiger partial charge in [0.25, 0.3) is 0 Å². The third-order valence-electron chi connectivity index (χ3n) is 2.20. The molecule has 1 rings (SSSR count). The van der Waals surface area contributed by atoms with Crippen molar-refractivity contribution >= 4 is 7.60 Å². The Hall–Kier alpha value is -0.0500. The number of hydrogen-bond acceptors (Lipinski definition) is 6. The fraction of sp³-hybridized carbons (Fsp3) is 1.00. The summed E-state index contributed by atoms with van der Waals surface area (Å²) in [4.78, 5) is 17.6. The fourth-order valence-corrected chi connectivity index (χ4v) is 2.25. The van der Waals surface area contributed by atoms with Gasteiger partial charge in [0.2, 0.25) is 0 Å². The van der Waals surface area contributed by atoms with Crippen molar-refractivity contribution < 1.29 is 39.5 Å². The van der Waals surface area contributed by atoms with Gasteiger partial charge in [-0.2, -0.15) is 0 Å². The van der Waals surface area contributed by atoms with Crippen LogP contribution in [0.4, 0.5) is 0 Å². The van der Waals surface area contributed by atoms with Gasteiger partial charge in [-0.3, -0.25) is 4.57 Å². The van der Waals surface area contributed by atoms with Gasteiger partial charge >= 0.3 is 7.60 Å². The number of aliphatic hydroxyl groups excluding tert-OH is 4. The molecule has 90 valence electrons. The number of hydrogen-bond donors (Lipinski definition) is 6. The Balaban J connectivity index is 2.88. The largest absolute Gasteiger partial charge is 0.394 e. The van der Waals surface area contributed by atoms with E-state index in [4.69, 9.17) is 14.9 Å². The molecule has 0 aliphatic carbocycles. The number of rotatable bonds is 2. The zero-order chi connectivity index (χ0) is 11.8. The highest BCUT2D eigenvalue weighted by molar-refractivity contribution is 7.52. The van der Waals surface area contributed by atoms with Gasteiger partial charge in [-0.15, -0.1) is 0 Å². The van der Waals surface area contributed by atoms with Crippen LogP contribution in [0.5, 0.6) is 0 Å². The summed E-state index contributed by atoms with van der Waals surface area (Å²) in [5, 5.41) is 36.5. The van der Waals surface area contributed by atoms with Gasteiger partial charge in [-0.1, -0.05) is 0 Å². The predicted molar refractivity (Wildman–Crippen MR) is 45.8 cm³/mol. The van der Waals surface area contributed by atoms with Crippen LogP contribution < -0.4 is 0 Å². The smallest absolute Gasteiger partial charge is 0.356 e. The highest BCUT2D eigenvalue weighted by Crippen LogP contribution is 2.46. The molecule has 6 N–H and O–H groups in total. The first kappa shape index (κ1) is 13.0. The lowest BCUT2D eigenvalue weighted by Crippen LogP contribution is -2.58. The second kappa shape index (κ2) is 4.44. The summed E-state index contributed by atoms with van der Waals surface area (Å²) in [6.45, 7) is -0.721. The Bertz CT molecular complexity index is 262. The lowest BCUT2D eigenvalue weighted by Gasteiger charge is -2.39. The van der Waals surface area contributed by atoms with Gasteiger partial charge in [-0.25, -0.2) is 0 Å². The fourth-order valence-electron chi connectivity index (χ4n) is 1.36. The van der Waals surface area contributed by atoms with E-state index in [0.717, 1.165) is 0 Å². The van der Waals surface area contributed by atoms with Gasteiger partial charge < -0.3 is 34.9 Å². The lowest BCUT2D eigenvalue weighted by molar-refractivity contribution is -0.211. The Morgan fingerprint density at radius 1 is 1.07 bits per heavy atom. The van der Waals surface area contributed by atoms with Crippen LogP contribution in [0.2, 0.25) is 0 Å². The minimum absolute atomic E-state index is 0.721. The summed E-state index contributed by atoms with van der Waals surface area (Å²) >= 11 is 0. The molecule has 0 bridgehead atoms. The van der Waals surface area contributed by atoms with Crippen LogP contribution >= 0.6 is 7.60 Å². The molecule has 8 nitrogen and oxygen atoms in total. The van der Waals surface area contributed by atoms with Crippen LogP contribution in [0, 0.1) is 0 Å². The molecule has 0 spiro atoms. The molecule has 1 fully saturated rings. The summed E-state index contributed by atoms with van der Waals surface area (Å²) in [5.74, 6) is -1.94. The van der Waals surface area contributed by atoms with Crippen LogP contribution in [0.25, 0.3) is 0 Å². The van der Waals surface area contributed by atoms with Crippen molar-refractivity contribution in [1.82, 2.24) is 0 Å². The van der Waals surface area contributed by atoms with E-state index in [1.165, 1.54) is 0 Å². The Kier molecular flexibility index (Phi) is 3.85. The van der Waals surface area contributed by atoms with Crippen molar-refractivity contribution in [1.29, 1.82) is 0 Å². The molecule has 1 heterocycles.